The molecule has 0 radical (unpaired) electrons. The summed E-state index contributed by atoms with van der Waals surface area (Å²) >= 11 is 0. The topological polar surface area (TPSA) is 9.23 Å². The second-order valence-electron chi connectivity index (χ2n) is 4.21. The van der Waals surface area contributed by atoms with E-state index in [0.29, 0.717) is 6.07 Å². The Labute approximate surface area is 123 Å². The molecule has 0 aliphatic carbocycles. The minimum Gasteiger partial charge on any atom is -0.478 e. The zero-order valence-electron chi connectivity index (χ0n) is 11.0. The molecule has 0 aliphatic heterocycles. The molecule has 0 bridgehead atoms. The lowest BCUT2D eigenvalue weighted by Crippen LogP contribution is -2.07. The first-order valence-electron chi connectivity index (χ1n) is 6.11. The molecule has 0 saturated heterocycles. The van der Waals surface area contributed by atoms with Crippen molar-refractivity contribution in [2.75, 3.05) is 6.61 Å². The van der Waals surface area contributed by atoms with Crippen molar-refractivity contribution in [3.8, 4) is 17.6 Å². The van der Waals surface area contributed by atoms with Crippen LogP contribution in [0.4, 0.5) is 22.0 Å². The van der Waals surface area contributed by atoms with Gasteiger partial charge in [0.1, 0.15) is 12.4 Å². The number of benzene rings is 2. The molecule has 0 unspecified atom stereocenters. The summed E-state index contributed by atoms with van der Waals surface area (Å²) in [5.74, 6) is 2.82. The van der Waals surface area contributed by atoms with Crippen molar-refractivity contribution < 1.29 is 26.7 Å². The maximum absolute atomic E-state index is 13.3. The zero-order chi connectivity index (χ0) is 16.2. The third kappa shape index (κ3) is 3.98. The lowest BCUT2D eigenvalue weighted by atomic mass is 10.1. The van der Waals surface area contributed by atoms with Gasteiger partial charge in [0.25, 0.3) is 0 Å². The monoisotopic (exact) mass is 312 g/mol. The van der Waals surface area contributed by atoms with Crippen LogP contribution in [0.25, 0.3) is 0 Å². The number of rotatable bonds is 2. The highest BCUT2D eigenvalue weighted by Crippen LogP contribution is 2.31. The summed E-state index contributed by atoms with van der Waals surface area (Å²) in [6, 6.07) is 7.57. The van der Waals surface area contributed by atoms with Gasteiger partial charge in [0, 0.05) is 11.6 Å². The van der Waals surface area contributed by atoms with Crippen LogP contribution in [-0.4, -0.2) is 6.61 Å². The summed E-state index contributed by atoms with van der Waals surface area (Å²) < 4.78 is 69.1. The largest absolute Gasteiger partial charge is 0.478 e. The van der Waals surface area contributed by atoms with Crippen LogP contribution in [0.2, 0.25) is 0 Å². The minimum absolute atomic E-state index is 0.196. The summed E-state index contributed by atoms with van der Waals surface area (Å²) in [5.41, 5.74) is -1.05. The molecule has 2 aromatic rings. The van der Waals surface area contributed by atoms with Gasteiger partial charge >= 0.3 is 6.18 Å². The summed E-state index contributed by atoms with van der Waals surface area (Å²) in [4.78, 5) is 0. The van der Waals surface area contributed by atoms with Gasteiger partial charge in [-0.05, 0) is 24.3 Å². The third-order valence-corrected chi connectivity index (χ3v) is 2.65. The second-order valence-corrected chi connectivity index (χ2v) is 4.21. The van der Waals surface area contributed by atoms with Crippen molar-refractivity contribution in [1.29, 1.82) is 0 Å². The molecule has 2 aromatic carbocycles. The highest BCUT2D eigenvalue weighted by molar-refractivity contribution is 5.43. The van der Waals surface area contributed by atoms with E-state index in [-0.39, 0.29) is 17.9 Å². The lowest BCUT2D eigenvalue weighted by Gasteiger charge is -2.08. The fraction of sp³-hybridized carbons (Fsp3) is 0.125. The maximum Gasteiger partial charge on any atom is 0.417 e. The standard InChI is InChI=1S/C16H9F5O/c17-12-7-8-15(14(18)10-12)22-9-3-5-11-4-1-2-6-13(11)16(19,20)21/h1-2,4,6-8,10H,9H2. The number of ether oxygens (including phenoxy) is 1. The van der Waals surface area contributed by atoms with E-state index in [2.05, 4.69) is 11.8 Å². The number of hydrogen-bond donors (Lipinski definition) is 0. The van der Waals surface area contributed by atoms with E-state index < -0.39 is 23.4 Å². The Kier molecular flexibility index (Phi) is 4.66. The van der Waals surface area contributed by atoms with Gasteiger partial charge < -0.3 is 4.74 Å². The van der Waals surface area contributed by atoms with E-state index >= 15 is 0 Å². The van der Waals surface area contributed by atoms with Crippen LogP contribution in [0.1, 0.15) is 11.1 Å². The smallest absolute Gasteiger partial charge is 0.417 e. The number of alkyl halides is 3. The average molecular weight is 312 g/mol. The van der Waals surface area contributed by atoms with Gasteiger partial charge in [-0.1, -0.05) is 24.0 Å². The van der Waals surface area contributed by atoms with Crippen LogP contribution in [-0.2, 0) is 6.18 Å². The average Bonchev–Trinajstić information content (AvgIpc) is 2.45. The maximum atomic E-state index is 13.3. The normalized spacial score (nSPS) is 10.8. The summed E-state index contributed by atoms with van der Waals surface area (Å²) in [6.45, 7) is -0.325. The van der Waals surface area contributed by atoms with Crippen LogP contribution >= 0.6 is 0 Å². The fourth-order valence-electron chi connectivity index (χ4n) is 1.68. The minimum atomic E-state index is -4.50. The Morgan fingerprint density at radius 3 is 2.41 bits per heavy atom. The van der Waals surface area contributed by atoms with Gasteiger partial charge in [-0.15, -0.1) is 0 Å². The number of halogens is 5. The molecule has 0 spiro atoms. The van der Waals surface area contributed by atoms with Gasteiger partial charge in [-0.25, -0.2) is 8.78 Å². The van der Waals surface area contributed by atoms with Gasteiger partial charge in [0.15, 0.2) is 11.6 Å². The van der Waals surface area contributed by atoms with Crippen molar-refractivity contribution in [3.63, 3.8) is 0 Å². The first kappa shape index (κ1) is 15.8. The Morgan fingerprint density at radius 1 is 1.00 bits per heavy atom. The molecule has 0 aliphatic rings. The zero-order valence-corrected chi connectivity index (χ0v) is 11.0. The molecule has 22 heavy (non-hydrogen) atoms. The quantitative estimate of drug-likeness (QED) is 0.589. The molecule has 0 atom stereocenters. The molecule has 0 amide bonds. The molecule has 2 rings (SSSR count). The van der Waals surface area contributed by atoms with Gasteiger partial charge in [-0.2, -0.15) is 13.2 Å². The Hall–Kier alpha value is -2.55. The molecular weight excluding hydrogens is 303 g/mol. The van der Waals surface area contributed by atoms with Gasteiger partial charge in [0.05, 0.1) is 5.56 Å². The van der Waals surface area contributed by atoms with Crippen molar-refractivity contribution in [3.05, 3.63) is 65.2 Å². The molecule has 114 valence electrons. The van der Waals surface area contributed by atoms with Crippen molar-refractivity contribution in [2.24, 2.45) is 0 Å². The van der Waals surface area contributed by atoms with E-state index in [9.17, 15) is 22.0 Å². The molecule has 0 N–H and O–H groups in total. The molecule has 6 heteroatoms. The Morgan fingerprint density at radius 2 is 1.73 bits per heavy atom. The third-order valence-electron chi connectivity index (χ3n) is 2.65. The summed E-state index contributed by atoms with van der Waals surface area (Å²) in [6.07, 6.45) is -4.50. The van der Waals surface area contributed by atoms with E-state index in [0.717, 1.165) is 18.2 Å². The van der Waals surface area contributed by atoms with Crippen LogP contribution < -0.4 is 4.74 Å². The Bertz CT molecular complexity index is 725. The highest BCUT2D eigenvalue weighted by atomic mass is 19.4. The summed E-state index contributed by atoms with van der Waals surface area (Å²) in [5, 5.41) is 0. The van der Waals surface area contributed by atoms with Crippen molar-refractivity contribution >= 4 is 0 Å². The summed E-state index contributed by atoms with van der Waals surface area (Å²) in [7, 11) is 0. The predicted molar refractivity (Wildman–Crippen MR) is 70.2 cm³/mol. The number of hydrogen-bond acceptors (Lipinski definition) is 1. The van der Waals surface area contributed by atoms with E-state index in [4.69, 9.17) is 4.74 Å². The first-order valence-corrected chi connectivity index (χ1v) is 6.11. The molecule has 1 nitrogen and oxygen atoms in total. The Balaban J connectivity index is 2.09. The van der Waals surface area contributed by atoms with E-state index in [1.165, 1.54) is 18.2 Å². The first-order chi connectivity index (χ1) is 10.4. The molecular formula is C16H9F5O. The van der Waals surface area contributed by atoms with Crippen LogP contribution in [0.3, 0.4) is 0 Å². The van der Waals surface area contributed by atoms with Crippen LogP contribution in [0.15, 0.2) is 42.5 Å². The van der Waals surface area contributed by atoms with Crippen LogP contribution in [0.5, 0.6) is 5.75 Å². The fourth-order valence-corrected chi connectivity index (χ4v) is 1.68. The second kappa shape index (κ2) is 6.48. The van der Waals surface area contributed by atoms with Gasteiger partial charge in [0.2, 0.25) is 0 Å². The lowest BCUT2D eigenvalue weighted by molar-refractivity contribution is -0.137. The molecule has 0 fully saturated rings. The van der Waals surface area contributed by atoms with Gasteiger partial charge in [-0.3, -0.25) is 0 Å². The van der Waals surface area contributed by atoms with Crippen molar-refractivity contribution in [2.45, 2.75) is 6.18 Å². The SMILES string of the molecule is Fc1ccc(OCC#Cc2ccccc2C(F)(F)F)c(F)c1. The predicted octanol–water partition coefficient (Wildman–Crippen LogP) is 4.41. The van der Waals surface area contributed by atoms with E-state index in [1.54, 1.807) is 0 Å². The van der Waals surface area contributed by atoms with Crippen molar-refractivity contribution in [1.82, 2.24) is 0 Å². The van der Waals surface area contributed by atoms with Crippen LogP contribution in [0, 0.1) is 23.5 Å². The molecule has 0 saturated carbocycles. The molecule has 0 heterocycles. The molecule has 0 aromatic heterocycles. The van der Waals surface area contributed by atoms with E-state index in [1.807, 2.05) is 0 Å². The highest BCUT2D eigenvalue weighted by Gasteiger charge is 2.32.